The number of para-hydroxylation sites is 1. The summed E-state index contributed by atoms with van der Waals surface area (Å²) in [6, 6.07) is 9.42. The number of esters is 1. The third kappa shape index (κ3) is 3.23. The molecule has 0 bridgehead atoms. The average molecular weight is 362 g/mol. The van der Waals surface area contributed by atoms with E-state index in [-0.39, 0.29) is 16.8 Å². The molecule has 1 aromatic carbocycles. The van der Waals surface area contributed by atoms with Gasteiger partial charge in [-0.05, 0) is 18.6 Å². The Kier molecular flexibility index (Phi) is 5.30. The first-order valence-corrected chi connectivity index (χ1v) is 9.60. The summed E-state index contributed by atoms with van der Waals surface area (Å²) in [4.78, 5) is 30.3. The van der Waals surface area contributed by atoms with Crippen LogP contribution in [0, 0.1) is 0 Å². The number of ether oxygens (including phenoxy) is 1. The maximum atomic E-state index is 13.0. The number of rotatable bonds is 5. The van der Waals surface area contributed by atoms with E-state index in [9.17, 15) is 9.59 Å². The van der Waals surface area contributed by atoms with E-state index in [1.54, 1.807) is 16.3 Å². The van der Waals surface area contributed by atoms with Crippen LogP contribution in [0.15, 0.2) is 45.2 Å². The number of hydrogen-bond acceptors (Lipinski definition) is 6. The summed E-state index contributed by atoms with van der Waals surface area (Å²) in [6.45, 7) is 1.92. The van der Waals surface area contributed by atoms with E-state index in [0.29, 0.717) is 16.5 Å². The van der Waals surface area contributed by atoms with Crippen LogP contribution in [0.3, 0.4) is 0 Å². The summed E-state index contributed by atoms with van der Waals surface area (Å²) in [5, 5.41) is 0.161. The van der Waals surface area contributed by atoms with Gasteiger partial charge in [0.05, 0.1) is 23.4 Å². The van der Waals surface area contributed by atoms with Crippen LogP contribution < -0.4 is 5.56 Å². The van der Waals surface area contributed by atoms with Crippen LogP contribution in [-0.2, 0) is 16.0 Å². The van der Waals surface area contributed by atoms with Gasteiger partial charge in [-0.25, -0.2) is 4.98 Å². The summed E-state index contributed by atoms with van der Waals surface area (Å²) < 4.78 is 6.47. The van der Waals surface area contributed by atoms with Crippen molar-refractivity contribution in [3.63, 3.8) is 0 Å². The van der Waals surface area contributed by atoms with E-state index >= 15 is 0 Å². The summed E-state index contributed by atoms with van der Waals surface area (Å²) in [5.41, 5.74) is 1.53. The highest BCUT2D eigenvalue weighted by Crippen LogP contribution is 2.32. The molecular weight excluding hydrogens is 344 g/mol. The molecule has 3 rings (SSSR count). The van der Waals surface area contributed by atoms with Crippen LogP contribution in [0.25, 0.3) is 5.69 Å². The van der Waals surface area contributed by atoms with Crippen molar-refractivity contribution in [2.24, 2.45) is 0 Å². The molecular formula is C17H18N2O3S2. The van der Waals surface area contributed by atoms with Crippen molar-refractivity contribution in [1.82, 2.24) is 9.55 Å². The molecule has 7 heteroatoms. The first kappa shape index (κ1) is 17.1. The summed E-state index contributed by atoms with van der Waals surface area (Å²) in [5.74, 6) is 0.570. The van der Waals surface area contributed by atoms with Crippen LogP contribution in [0.1, 0.15) is 19.0 Å². The second-order valence-corrected chi connectivity index (χ2v) is 7.56. The van der Waals surface area contributed by atoms with Crippen LogP contribution in [0.5, 0.6) is 0 Å². The molecule has 0 amide bonds. The molecule has 0 saturated heterocycles. The minimum Gasteiger partial charge on any atom is -0.468 e. The van der Waals surface area contributed by atoms with Crippen LogP contribution in [0.2, 0.25) is 0 Å². The Bertz CT molecular complexity index is 805. The lowest BCUT2D eigenvalue weighted by molar-refractivity contribution is -0.140. The zero-order chi connectivity index (χ0) is 17.1. The van der Waals surface area contributed by atoms with Gasteiger partial charge in [-0.15, -0.1) is 11.8 Å². The average Bonchev–Trinajstić information content (AvgIpc) is 3.08. The fourth-order valence-electron chi connectivity index (χ4n) is 2.53. The Morgan fingerprint density at radius 3 is 2.83 bits per heavy atom. The van der Waals surface area contributed by atoms with E-state index in [4.69, 9.17) is 9.72 Å². The normalized spacial score (nSPS) is 14.2. The number of aromatic nitrogens is 2. The van der Waals surface area contributed by atoms with Gasteiger partial charge in [0.2, 0.25) is 0 Å². The third-order valence-electron chi connectivity index (χ3n) is 3.76. The number of carbonyl (C=O) groups excluding carboxylic acids is 1. The minimum atomic E-state index is -0.385. The lowest BCUT2D eigenvalue weighted by Crippen LogP contribution is -2.26. The molecule has 5 nitrogen and oxygen atoms in total. The lowest BCUT2D eigenvalue weighted by Gasteiger charge is -2.17. The van der Waals surface area contributed by atoms with Crippen molar-refractivity contribution in [1.29, 1.82) is 0 Å². The van der Waals surface area contributed by atoms with E-state index in [0.717, 1.165) is 23.6 Å². The first-order valence-electron chi connectivity index (χ1n) is 7.74. The number of hydrogen-bond donors (Lipinski definition) is 0. The summed E-state index contributed by atoms with van der Waals surface area (Å²) in [7, 11) is 1.38. The number of thioether (sulfide) groups is 2. The molecule has 1 aliphatic rings. The minimum absolute atomic E-state index is 0.0593. The van der Waals surface area contributed by atoms with Crippen molar-refractivity contribution in [3.8, 4) is 5.69 Å². The van der Waals surface area contributed by atoms with Gasteiger partial charge in [-0.1, -0.05) is 36.9 Å². The highest BCUT2D eigenvalue weighted by molar-refractivity contribution is 8.00. The Morgan fingerprint density at radius 1 is 1.42 bits per heavy atom. The second kappa shape index (κ2) is 7.44. The number of benzene rings is 1. The Balaban J connectivity index is 2.12. The monoisotopic (exact) mass is 362 g/mol. The lowest BCUT2D eigenvalue weighted by atomic mass is 10.3. The molecule has 0 saturated carbocycles. The molecule has 2 aromatic rings. The van der Waals surface area contributed by atoms with Gasteiger partial charge in [-0.2, -0.15) is 0 Å². The Hall–Kier alpha value is -1.73. The largest absolute Gasteiger partial charge is 0.468 e. The number of methoxy groups -OCH3 is 1. The van der Waals surface area contributed by atoms with Crippen molar-refractivity contribution in [2.75, 3.05) is 12.9 Å². The predicted octanol–water partition coefficient (Wildman–Crippen LogP) is 2.92. The quantitative estimate of drug-likeness (QED) is 0.463. The molecule has 0 N–H and O–H groups in total. The van der Waals surface area contributed by atoms with Crippen LogP contribution in [-0.4, -0.2) is 33.6 Å². The molecule has 1 aromatic heterocycles. The van der Waals surface area contributed by atoms with Crippen molar-refractivity contribution in [2.45, 2.75) is 35.1 Å². The fraction of sp³-hybridized carbons (Fsp3) is 0.353. The highest BCUT2D eigenvalue weighted by atomic mass is 32.2. The smallest absolute Gasteiger partial charge is 0.319 e. The second-order valence-electron chi connectivity index (χ2n) is 5.28. The molecule has 126 valence electrons. The zero-order valence-electron chi connectivity index (χ0n) is 13.5. The number of carbonyl (C=O) groups is 1. The van der Waals surface area contributed by atoms with Crippen molar-refractivity contribution in [3.05, 3.63) is 46.4 Å². The van der Waals surface area contributed by atoms with E-state index in [2.05, 4.69) is 0 Å². The zero-order valence-corrected chi connectivity index (χ0v) is 15.2. The van der Waals surface area contributed by atoms with E-state index in [1.165, 1.54) is 18.9 Å². The SMILES string of the molecule is CCC(Sc1nc2c(c(=O)n1-c1ccccc1)SCC2)C(=O)OC. The van der Waals surface area contributed by atoms with Gasteiger partial charge >= 0.3 is 5.97 Å². The number of nitrogens with zero attached hydrogens (tertiary/aromatic N) is 2. The molecule has 1 aliphatic heterocycles. The molecule has 1 unspecified atom stereocenters. The van der Waals surface area contributed by atoms with E-state index in [1.807, 2.05) is 37.3 Å². The van der Waals surface area contributed by atoms with Gasteiger partial charge in [0, 0.05) is 12.2 Å². The van der Waals surface area contributed by atoms with Crippen LogP contribution >= 0.6 is 23.5 Å². The maximum absolute atomic E-state index is 13.0. The summed E-state index contributed by atoms with van der Waals surface area (Å²) >= 11 is 2.84. The summed E-state index contributed by atoms with van der Waals surface area (Å²) in [6.07, 6.45) is 1.39. The van der Waals surface area contributed by atoms with Gasteiger partial charge in [0.15, 0.2) is 5.16 Å². The Morgan fingerprint density at radius 2 is 2.17 bits per heavy atom. The van der Waals surface area contributed by atoms with Gasteiger partial charge in [0.1, 0.15) is 5.25 Å². The highest BCUT2D eigenvalue weighted by Gasteiger charge is 2.26. The first-order chi connectivity index (χ1) is 11.7. The number of fused-ring (bicyclic) bond motifs is 1. The topological polar surface area (TPSA) is 61.2 Å². The van der Waals surface area contributed by atoms with Crippen LogP contribution in [0.4, 0.5) is 0 Å². The molecule has 0 fully saturated rings. The molecule has 2 heterocycles. The predicted molar refractivity (Wildman–Crippen MR) is 96.2 cm³/mol. The van der Waals surface area contributed by atoms with E-state index < -0.39 is 0 Å². The van der Waals surface area contributed by atoms with Gasteiger partial charge in [-0.3, -0.25) is 14.2 Å². The fourth-order valence-corrected chi connectivity index (χ4v) is 4.63. The molecule has 24 heavy (non-hydrogen) atoms. The molecule has 1 atom stereocenters. The molecule has 0 radical (unpaired) electrons. The van der Waals surface area contributed by atoms with Crippen molar-refractivity contribution >= 4 is 29.5 Å². The third-order valence-corrected chi connectivity index (χ3v) is 6.17. The molecule has 0 aliphatic carbocycles. The standard InChI is InChI=1S/C17H18N2O3S2/c1-3-13(16(21)22-2)24-17-18-12-9-10-23-14(12)15(20)19(17)11-7-5-4-6-8-11/h4-8,13H,3,9-10H2,1-2H3. The van der Waals surface area contributed by atoms with Gasteiger partial charge in [0.25, 0.3) is 5.56 Å². The van der Waals surface area contributed by atoms with Gasteiger partial charge < -0.3 is 4.74 Å². The Labute approximate surface area is 148 Å². The maximum Gasteiger partial charge on any atom is 0.319 e. The molecule has 0 spiro atoms. The van der Waals surface area contributed by atoms with Crippen molar-refractivity contribution < 1.29 is 9.53 Å². The number of aryl methyl sites for hydroxylation is 1.